The van der Waals surface area contributed by atoms with Crippen LogP contribution in [0.25, 0.3) is 0 Å². The Morgan fingerprint density at radius 2 is 1.53 bits per heavy atom. The van der Waals surface area contributed by atoms with Crippen LogP contribution in [0.1, 0.15) is 52.4 Å². The molecule has 0 aliphatic rings. The largest absolute Gasteiger partial charge is 0.374 e. The van der Waals surface area contributed by atoms with Crippen molar-refractivity contribution in [2.24, 2.45) is 9.98 Å². The normalized spacial score (nSPS) is 13.2. The molecule has 0 rings (SSSR count). The number of hydrogen-bond acceptors (Lipinski definition) is 5. The summed E-state index contributed by atoms with van der Waals surface area (Å²) >= 11 is 0. The van der Waals surface area contributed by atoms with Crippen LogP contribution in [0.2, 0.25) is 0 Å². The van der Waals surface area contributed by atoms with E-state index in [0.717, 1.165) is 32.1 Å². The Kier molecular flexibility index (Phi) is 12.3. The van der Waals surface area contributed by atoms with Crippen molar-refractivity contribution in [3.8, 4) is 0 Å². The maximum atomic E-state index is 9.96. The van der Waals surface area contributed by atoms with Crippen LogP contribution in [0, 0.1) is 0 Å². The third kappa shape index (κ3) is 13.0. The van der Waals surface area contributed by atoms with Gasteiger partial charge < -0.3 is 4.74 Å². The van der Waals surface area contributed by atoms with Crippen molar-refractivity contribution in [1.29, 1.82) is 0 Å². The first-order chi connectivity index (χ1) is 9.20. The van der Waals surface area contributed by atoms with Gasteiger partial charge in [-0.25, -0.2) is 19.6 Å². The van der Waals surface area contributed by atoms with E-state index in [1.165, 1.54) is 12.5 Å². The summed E-state index contributed by atoms with van der Waals surface area (Å²) < 4.78 is 5.68. The summed E-state index contributed by atoms with van der Waals surface area (Å²) in [5, 5.41) is 0. The molecular weight excluding hydrogens is 244 g/mol. The molecule has 0 spiro atoms. The molecule has 0 amide bonds. The molecule has 0 radical (unpaired) electrons. The van der Waals surface area contributed by atoms with E-state index in [1.807, 2.05) is 13.8 Å². The standard InChI is InChI=1S/C14H24N2O3/c1-13(19-14(2)10-16-12-18)8-6-4-3-5-7-9-15-11-17/h13-14H,3-10H2,1-2H3. The number of carbonyl (C=O) groups excluding carboxylic acids is 2. The molecular formula is C14H24N2O3. The zero-order chi connectivity index (χ0) is 14.3. The maximum absolute atomic E-state index is 9.96. The van der Waals surface area contributed by atoms with Crippen LogP contribution in [0.5, 0.6) is 0 Å². The number of nitrogens with zero attached hydrogens (tertiary/aromatic N) is 2. The van der Waals surface area contributed by atoms with Gasteiger partial charge in [-0.15, -0.1) is 0 Å². The fourth-order valence-electron chi connectivity index (χ4n) is 1.87. The van der Waals surface area contributed by atoms with Gasteiger partial charge in [0.15, 0.2) is 0 Å². The highest BCUT2D eigenvalue weighted by molar-refractivity contribution is 5.33. The average molecular weight is 268 g/mol. The summed E-state index contributed by atoms with van der Waals surface area (Å²) in [4.78, 5) is 26.8. The van der Waals surface area contributed by atoms with E-state index in [2.05, 4.69) is 9.98 Å². The monoisotopic (exact) mass is 268 g/mol. The second kappa shape index (κ2) is 13.2. The Bertz CT molecular complexity index is 308. The van der Waals surface area contributed by atoms with Gasteiger partial charge >= 0.3 is 0 Å². The van der Waals surface area contributed by atoms with Crippen molar-refractivity contribution >= 4 is 12.2 Å². The molecule has 0 aliphatic carbocycles. The predicted molar refractivity (Wildman–Crippen MR) is 73.7 cm³/mol. The lowest BCUT2D eigenvalue weighted by molar-refractivity contribution is 0.00820. The highest BCUT2D eigenvalue weighted by atomic mass is 16.5. The summed E-state index contributed by atoms with van der Waals surface area (Å²) in [6, 6.07) is 0. The third-order valence-electron chi connectivity index (χ3n) is 2.82. The molecule has 5 heteroatoms. The highest BCUT2D eigenvalue weighted by Crippen LogP contribution is 2.11. The van der Waals surface area contributed by atoms with E-state index in [9.17, 15) is 9.59 Å². The minimum atomic E-state index is -0.0300. The van der Waals surface area contributed by atoms with E-state index in [-0.39, 0.29) is 12.2 Å². The van der Waals surface area contributed by atoms with E-state index in [0.29, 0.717) is 13.1 Å². The number of aliphatic imine (C=N–C) groups is 2. The smallest absolute Gasteiger partial charge is 0.235 e. The lowest BCUT2D eigenvalue weighted by atomic mass is 10.1. The van der Waals surface area contributed by atoms with Crippen LogP contribution in [0.3, 0.4) is 0 Å². The van der Waals surface area contributed by atoms with E-state index < -0.39 is 0 Å². The van der Waals surface area contributed by atoms with Gasteiger partial charge in [-0.3, -0.25) is 0 Å². The van der Waals surface area contributed by atoms with Crippen molar-refractivity contribution in [1.82, 2.24) is 0 Å². The number of hydrogen-bond donors (Lipinski definition) is 0. The van der Waals surface area contributed by atoms with Crippen LogP contribution in [0.4, 0.5) is 0 Å². The van der Waals surface area contributed by atoms with Crippen LogP contribution in [0.15, 0.2) is 9.98 Å². The maximum Gasteiger partial charge on any atom is 0.235 e. The van der Waals surface area contributed by atoms with E-state index >= 15 is 0 Å². The van der Waals surface area contributed by atoms with Gasteiger partial charge in [0.25, 0.3) is 0 Å². The van der Waals surface area contributed by atoms with Crippen molar-refractivity contribution in [3.63, 3.8) is 0 Å². The van der Waals surface area contributed by atoms with Crippen LogP contribution in [-0.4, -0.2) is 37.5 Å². The molecule has 19 heavy (non-hydrogen) atoms. The van der Waals surface area contributed by atoms with Gasteiger partial charge in [0.2, 0.25) is 12.2 Å². The summed E-state index contributed by atoms with van der Waals surface area (Å²) in [5.74, 6) is 0. The van der Waals surface area contributed by atoms with Gasteiger partial charge in [-0.1, -0.05) is 25.7 Å². The Morgan fingerprint density at radius 3 is 2.21 bits per heavy atom. The minimum Gasteiger partial charge on any atom is -0.374 e. The van der Waals surface area contributed by atoms with Crippen LogP contribution >= 0.6 is 0 Å². The SMILES string of the molecule is CC(CCCCCCCN=C=O)OC(C)CN=C=O. The minimum absolute atomic E-state index is 0.0300. The molecule has 0 aromatic heterocycles. The Balaban J connectivity index is 3.39. The fraction of sp³-hybridized carbons (Fsp3) is 0.857. The molecule has 0 N–H and O–H groups in total. The lowest BCUT2D eigenvalue weighted by Crippen LogP contribution is -2.19. The Labute approximate surface area is 115 Å². The second-order valence-electron chi connectivity index (χ2n) is 4.72. The molecule has 0 saturated heterocycles. The molecule has 0 saturated carbocycles. The summed E-state index contributed by atoms with van der Waals surface area (Å²) in [7, 11) is 0. The first kappa shape index (κ1) is 17.7. The highest BCUT2D eigenvalue weighted by Gasteiger charge is 2.07. The van der Waals surface area contributed by atoms with Crippen molar-refractivity contribution < 1.29 is 14.3 Å². The summed E-state index contributed by atoms with van der Waals surface area (Å²) in [5.41, 5.74) is 0. The first-order valence-corrected chi connectivity index (χ1v) is 6.93. The van der Waals surface area contributed by atoms with Gasteiger partial charge in [0, 0.05) is 0 Å². The van der Waals surface area contributed by atoms with Crippen molar-refractivity contribution in [2.45, 2.75) is 64.6 Å². The molecule has 0 fully saturated rings. The quantitative estimate of drug-likeness (QED) is 0.310. The van der Waals surface area contributed by atoms with E-state index in [4.69, 9.17) is 4.74 Å². The predicted octanol–water partition coefficient (Wildman–Crippen LogP) is 2.79. The zero-order valence-corrected chi connectivity index (χ0v) is 11.9. The first-order valence-electron chi connectivity index (χ1n) is 6.93. The van der Waals surface area contributed by atoms with Crippen molar-refractivity contribution in [3.05, 3.63) is 0 Å². The summed E-state index contributed by atoms with van der Waals surface area (Å²) in [6.07, 6.45) is 9.75. The number of rotatable bonds is 12. The topological polar surface area (TPSA) is 68.1 Å². The molecule has 0 heterocycles. The fourth-order valence-corrected chi connectivity index (χ4v) is 1.87. The molecule has 2 unspecified atom stereocenters. The van der Waals surface area contributed by atoms with Crippen LogP contribution in [-0.2, 0) is 14.3 Å². The van der Waals surface area contributed by atoms with E-state index in [1.54, 1.807) is 6.08 Å². The van der Waals surface area contributed by atoms with Crippen molar-refractivity contribution in [2.75, 3.05) is 13.1 Å². The Morgan fingerprint density at radius 1 is 0.895 bits per heavy atom. The van der Waals surface area contributed by atoms with Crippen LogP contribution < -0.4 is 0 Å². The molecule has 0 aromatic rings. The molecule has 108 valence electrons. The van der Waals surface area contributed by atoms with Gasteiger partial charge in [-0.2, -0.15) is 0 Å². The summed E-state index contributed by atoms with van der Waals surface area (Å²) in [6.45, 7) is 4.92. The van der Waals surface area contributed by atoms with Gasteiger partial charge in [-0.05, 0) is 26.7 Å². The molecule has 2 atom stereocenters. The number of isocyanates is 2. The zero-order valence-electron chi connectivity index (χ0n) is 11.9. The Hall–Kier alpha value is -1.28. The molecule has 5 nitrogen and oxygen atoms in total. The molecule has 0 aromatic carbocycles. The average Bonchev–Trinajstić information content (AvgIpc) is 2.39. The third-order valence-corrected chi connectivity index (χ3v) is 2.82. The molecule has 0 aliphatic heterocycles. The second-order valence-corrected chi connectivity index (χ2v) is 4.72. The number of unbranched alkanes of at least 4 members (excludes halogenated alkanes) is 4. The molecule has 0 bridgehead atoms. The lowest BCUT2D eigenvalue weighted by Gasteiger charge is -2.17. The van der Waals surface area contributed by atoms with Gasteiger partial charge in [0.1, 0.15) is 0 Å². The van der Waals surface area contributed by atoms with Gasteiger partial charge in [0.05, 0.1) is 25.3 Å². The number of ether oxygens (including phenoxy) is 1.